The van der Waals surface area contributed by atoms with Crippen LogP contribution >= 0.6 is 70.6 Å². The molecule has 0 saturated carbocycles. The lowest BCUT2D eigenvalue weighted by molar-refractivity contribution is 1.47. The molecule has 0 nitrogen and oxygen atoms in total. The molecule has 0 aliphatic heterocycles. The van der Waals surface area contributed by atoms with Crippen LogP contribution in [0.25, 0.3) is 0 Å². The first-order valence-electron chi connectivity index (χ1n) is 2.67. The van der Waals surface area contributed by atoms with E-state index in [1.807, 2.05) is 0 Å². The lowest BCUT2D eigenvalue weighted by Crippen LogP contribution is -1.80. The van der Waals surface area contributed by atoms with Crippen molar-refractivity contribution >= 4 is 93.7 Å². The van der Waals surface area contributed by atoms with Gasteiger partial charge in [-0.1, -0.05) is 58.0 Å². The molecule has 0 radical (unpaired) electrons. The summed E-state index contributed by atoms with van der Waals surface area (Å²) in [5, 5.41) is 0.889. The molecule has 0 heterocycles. The Balaban J connectivity index is 0.00000144. The van der Waals surface area contributed by atoms with E-state index in [4.69, 9.17) is 58.0 Å². The predicted octanol–water partition coefficient (Wildman–Crippen LogP) is 4.33. The summed E-state index contributed by atoms with van der Waals surface area (Å²) < 4.78 is 0. The number of hydrogen-bond donors (Lipinski definition) is 1. The summed E-state index contributed by atoms with van der Waals surface area (Å²) >= 11 is 32.6. The Bertz CT molecular complexity index is 235. The SMILES string of the molecule is Sc1c(Cl)c(Cl)c(Cl)c(Cl)c1Cl.[MgH2]. The molecule has 7 heteroatoms. The number of thiol groups is 1. The highest BCUT2D eigenvalue weighted by molar-refractivity contribution is 7.80. The molecular formula is C6H3Cl5MgS. The molecule has 13 heavy (non-hydrogen) atoms. The van der Waals surface area contributed by atoms with Gasteiger partial charge in [-0.05, 0) is 0 Å². The number of rotatable bonds is 0. The highest BCUT2D eigenvalue weighted by atomic mass is 35.5. The summed E-state index contributed by atoms with van der Waals surface area (Å²) in [6, 6.07) is 0. The standard InChI is InChI=1S/C6HCl5S.Mg.2H/c7-1-2(8)4(10)6(12)5(11)3(1)9;;;/h12H;;;. The molecule has 0 spiro atoms. The van der Waals surface area contributed by atoms with Crippen LogP contribution < -0.4 is 0 Å². The van der Waals surface area contributed by atoms with Gasteiger partial charge in [-0.25, -0.2) is 0 Å². The van der Waals surface area contributed by atoms with E-state index in [9.17, 15) is 0 Å². The normalized spacial score (nSPS) is 9.69. The third-order valence-electron chi connectivity index (χ3n) is 1.19. The molecule has 0 aliphatic carbocycles. The molecule has 0 aromatic heterocycles. The molecule has 0 saturated heterocycles. The van der Waals surface area contributed by atoms with Crippen molar-refractivity contribution in [1.82, 2.24) is 0 Å². The fourth-order valence-corrected chi connectivity index (χ4v) is 2.09. The summed E-state index contributed by atoms with van der Waals surface area (Å²) in [4.78, 5) is 0.331. The average molecular weight is 309 g/mol. The maximum atomic E-state index is 5.72. The Morgan fingerprint density at radius 1 is 0.615 bits per heavy atom. The summed E-state index contributed by atoms with van der Waals surface area (Å²) in [6.07, 6.45) is 0. The molecule has 0 unspecified atom stereocenters. The third kappa shape index (κ3) is 2.88. The van der Waals surface area contributed by atoms with Crippen molar-refractivity contribution in [2.24, 2.45) is 0 Å². The van der Waals surface area contributed by atoms with E-state index in [1.54, 1.807) is 0 Å². The van der Waals surface area contributed by atoms with Gasteiger partial charge < -0.3 is 0 Å². The van der Waals surface area contributed by atoms with Gasteiger partial charge in [-0.2, -0.15) is 0 Å². The lowest BCUT2D eigenvalue weighted by Gasteiger charge is -2.07. The second kappa shape index (κ2) is 5.76. The summed E-state index contributed by atoms with van der Waals surface area (Å²) in [5.41, 5.74) is 0. The number of benzene rings is 1. The van der Waals surface area contributed by atoms with Crippen molar-refractivity contribution < 1.29 is 0 Å². The Kier molecular flexibility index (Phi) is 6.55. The maximum Gasteiger partial charge on any atom is 0.316 e. The maximum absolute atomic E-state index is 5.72. The van der Waals surface area contributed by atoms with E-state index in [0.717, 1.165) is 0 Å². The van der Waals surface area contributed by atoms with E-state index in [1.165, 1.54) is 0 Å². The van der Waals surface area contributed by atoms with Crippen LogP contribution in [0, 0.1) is 0 Å². The molecule has 1 aromatic carbocycles. The molecule has 0 fully saturated rings. The molecule has 1 rings (SSSR count). The molecule has 70 valence electrons. The van der Waals surface area contributed by atoms with Gasteiger partial charge in [0.25, 0.3) is 0 Å². The van der Waals surface area contributed by atoms with Crippen LogP contribution in [-0.4, -0.2) is 23.1 Å². The topological polar surface area (TPSA) is 0 Å². The molecule has 0 bridgehead atoms. The van der Waals surface area contributed by atoms with Crippen LogP contribution in [0.15, 0.2) is 4.90 Å². The Morgan fingerprint density at radius 2 is 0.846 bits per heavy atom. The van der Waals surface area contributed by atoms with Crippen LogP contribution in [0.5, 0.6) is 0 Å². The fraction of sp³-hybridized carbons (Fsp3) is 0. The van der Waals surface area contributed by atoms with Gasteiger partial charge in [0.05, 0.1) is 25.1 Å². The first-order chi connectivity index (χ1) is 5.46. The minimum absolute atomic E-state index is 0. The van der Waals surface area contributed by atoms with Gasteiger partial charge in [-0.3, -0.25) is 0 Å². The van der Waals surface area contributed by atoms with Crippen LogP contribution in [0.2, 0.25) is 25.1 Å². The van der Waals surface area contributed by atoms with Crippen molar-refractivity contribution in [3.63, 3.8) is 0 Å². The van der Waals surface area contributed by atoms with Crippen molar-refractivity contribution in [1.29, 1.82) is 0 Å². The molecule has 0 atom stereocenters. The average Bonchev–Trinajstić information content (AvgIpc) is 2.08. The molecular weight excluding hydrogens is 306 g/mol. The van der Waals surface area contributed by atoms with Crippen LogP contribution in [-0.2, 0) is 0 Å². The highest BCUT2D eigenvalue weighted by Gasteiger charge is 2.16. The number of halogens is 5. The Morgan fingerprint density at radius 3 is 1.15 bits per heavy atom. The monoisotopic (exact) mass is 306 g/mol. The molecule has 0 aliphatic rings. The van der Waals surface area contributed by atoms with Crippen molar-refractivity contribution in [2.45, 2.75) is 4.90 Å². The van der Waals surface area contributed by atoms with Crippen molar-refractivity contribution in [2.75, 3.05) is 0 Å². The van der Waals surface area contributed by atoms with E-state index in [0.29, 0.717) is 4.90 Å². The third-order valence-corrected chi connectivity index (χ3v) is 4.17. The van der Waals surface area contributed by atoms with E-state index in [2.05, 4.69) is 12.6 Å². The zero-order valence-electron chi connectivity index (χ0n) is 5.34. The first kappa shape index (κ1) is 14.8. The fourth-order valence-electron chi connectivity index (χ4n) is 0.593. The minimum Gasteiger partial charge on any atom is -0.140 e. The van der Waals surface area contributed by atoms with Crippen LogP contribution in [0.4, 0.5) is 0 Å². The Hall–Kier alpha value is 1.79. The van der Waals surface area contributed by atoms with Gasteiger partial charge >= 0.3 is 23.1 Å². The lowest BCUT2D eigenvalue weighted by atomic mass is 10.3. The quantitative estimate of drug-likeness (QED) is 0.314. The van der Waals surface area contributed by atoms with Gasteiger partial charge in [0, 0.05) is 4.90 Å². The zero-order chi connectivity index (χ0) is 9.46. The van der Waals surface area contributed by atoms with E-state index in [-0.39, 0.29) is 48.2 Å². The van der Waals surface area contributed by atoms with Gasteiger partial charge in [-0.15, -0.1) is 12.6 Å². The van der Waals surface area contributed by atoms with Gasteiger partial charge in [0.2, 0.25) is 0 Å². The van der Waals surface area contributed by atoms with Gasteiger partial charge in [0.1, 0.15) is 0 Å². The summed E-state index contributed by atoms with van der Waals surface area (Å²) in [7, 11) is 0. The van der Waals surface area contributed by atoms with Crippen LogP contribution in [0.1, 0.15) is 0 Å². The second-order valence-electron chi connectivity index (χ2n) is 1.92. The zero-order valence-corrected chi connectivity index (χ0v) is 10.0. The Labute approximate surface area is 122 Å². The minimum atomic E-state index is 0. The predicted molar refractivity (Wildman–Crippen MR) is 67.3 cm³/mol. The second-order valence-corrected chi connectivity index (χ2v) is 4.26. The van der Waals surface area contributed by atoms with Crippen molar-refractivity contribution in [3.8, 4) is 0 Å². The summed E-state index contributed by atoms with van der Waals surface area (Å²) in [5.74, 6) is 0. The number of hydrogen-bond acceptors (Lipinski definition) is 1. The molecule has 0 N–H and O–H groups in total. The van der Waals surface area contributed by atoms with Crippen LogP contribution in [0.3, 0.4) is 0 Å². The largest absolute Gasteiger partial charge is 0.316 e. The first-order valence-corrected chi connectivity index (χ1v) is 5.01. The van der Waals surface area contributed by atoms with E-state index < -0.39 is 0 Å². The highest BCUT2D eigenvalue weighted by Crippen LogP contribution is 2.45. The summed E-state index contributed by atoms with van der Waals surface area (Å²) in [6.45, 7) is 0. The molecule has 1 aromatic rings. The van der Waals surface area contributed by atoms with Gasteiger partial charge in [0.15, 0.2) is 0 Å². The van der Waals surface area contributed by atoms with Crippen molar-refractivity contribution in [3.05, 3.63) is 25.1 Å². The molecule has 0 amide bonds. The smallest absolute Gasteiger partial charge is 0.140 e. The van der Waals surface area contributed by atoms with E-state index >= 15 is 0 Å².